The van der Waals surface area contributed by atoms with Gasteiger partial charge in [0.05, 0.1) is 11.1 Å². The lowest BCUT2D eigenvalue weighted by Crippen LogP contribution is -2.30. The molecule has 20 heavy (non-hydrogen) atoms. The van der Waals surface area contributed by atoms with Crippen molar-refractivity contribution in [3.05, 3.63) is 29.2 Å². The molecule has 0 saturated carbocycles. The maximum Gasteiger partial charge on any atom is 0.276 e. The Morgan fingerprint density at radius 2 is 2.15 bits per heavy atom. The van der Waals surface area contributed by atoms with Crippen molar-refractivity contribution in [1.82, 2.24) is 20.0 Å². The highest BCUT2D eigenvalue weighted by atomic mass is 35.5. The molecule has 0 radical (unpaired) electrons. The zero-order chi connectivity index (χ0) is 13.9. The fraction of sp³-hybridized carbons (Fsp3) is 0.462. The van der Waals surface area contributed by atoms with Gasteiger partial charge in [-0.1, -0.05) is 16.8 Å². The molecule has 0 bridgehead atoms. The predicted octanol–water partition coefficient (Wildman–Crippen LogP) is 1.88. The molecule has 1 atom stereocenters. The van der Waals surface area contributed by atoms with Crippen molar-refractivity contribution in [3.63, 3.8) is 0 Å². The minimum absolute atomic E-state index is 0.238. The Morgan fingerprint density at radius 1 is 1.35 bits per heavy atom. The maximum atomic E-state index is 6.12. The minimum Gasteiger partial charge on any atom is -0.332 e. The third-order valence-corrected chi connectivity index (χ3v) is 3.60. The van der Waals surface area contributed by atoms with Crippen LogP contribution in [0.5, 0.6) is 0 Å². The van der Waals surface area contributed by atoms with Crippen molar-refractivity contribution in [2.75, 3.05) is 19.6 Å². The average molecular weight is 294 g/mol. The van der Waals surface area contributed by atoms with E-state index in [2.05, 4.69) is 20.0 Å². The number of hydrogen-bond donors (Lipinski definition) is 1. The van der Waals surface area contributed by atoms with Gasteiger partial charge < -0.3 is 15.2 Å². The van der Waals surface area contributed by atoms with Crippen LogP contribution in [-0.4, -0.2) is 39.7 Å². The van der Waals surface area contributed by atoms with Crippen molar-refractivity contribution < 1.29 is 4.52 Å². The maximum absolute atomic E-state index is 6.12. The lowest BCUT2D eigenvalue weighted by molar-refractivity contribution is 0.306. The third kappa shape index (κ3) is 2.98. The first kappa shape index (κ1) is 13.5. The van der Waals surface area contributed by atoms with Crippen molar-refractivity contribution >= 4 is 11.6 Å². The molecule has 0 amide bonds. The number of pyridine rings is 1. The highest BCUT2D eigenvalue weighted by Crippen LogP contribution is 2.19. The predicted molar refractivity (Wildman–Crippen MR) is 75.1 cm³/mol. The second-order valence-electron chi connectivity index (χ2n) is 4.93. The van der Waals surface area contributed by atoms with Crippen LogP contribution in [0.4, 0.5) is 0 Å². The Morgan fingerprint density at radius 3 is 2.85 bits per heavy atom. The van der Waals surface area contributed by atoms with Crippen LogP contribution in [0.3, 0.4) is 0 Å². The molecule has 0 aliphatic carbocycles. The lowest BCUT2D eigenvalue weighted by Gasteiger charge is -2.17. The summed E-state index contributed by atoms with van der Waals surface area (Å²) in [6.45, 7) is 2.95. The SMILES string of the molecule is NC(CN1CCCC1)c1noc(-c2ccc(Cl)cn2)n1. The van der Waals surface area contributed by atoms with Crippen LogP contribution in [0.2, 0.25) is 5.02 Å². The first-order valence-corrected chi connectivity index (χ1v) is 7.03. The van der Waals surface area contributed by atoms with E-state index in [1.165, 1.54) is 12.8 Å². The van der Waals surface area contributed by atoms with Gasteiger partial charge in [0.2, 0.25) is 0 Å². The highest BCUT2D eigenvalue weighted by molar-refractivity contribution is 6.30. The molecule has 2 N–H and O–H groups in total. The molecule has 106 valence electrons. The van der Waals surface area contributed by atoms with Gasteiger partial charge in [0.25, 0.3) is 5.89 Å². The van der Waals surface area contributed by atoms with Crippen LogP contribution < -0.4 is 5.73 Å². The molecule has 2 aromatic rings. The van der Waals surface area contributed by atoms with Crippen LogP contribution in [-0.2, 0) is 0 Å². The van der Waals surface area contributed by atoms with E-state index in [9.17, 15) is 0 Å². The topological polar surface area (TPSA) is 81.1 Å². The van der Waals surface area contributed by atoms with E-state index in [1.54, 1.807) is 18.3 Å². The van der Waals surface area contributed by atoms with Gasteiger partial charge in [0, 0.05) is 12.7 Å². The fourth-order valence-corrected chi connectivity index (χ4v) is 2.43. The van der Waals surface area contributed by atoms with E-state index in [-0.39, 0.29) is 6.04 Å². The van der Waals surface area contributed by atoms with Crippen molar-refractivity contribution in [2.45, 2.75) is 18.9 Å². The lowest BCUT2D eigenvalue weighted by atomic mass is 10.3. The van der Waals surface area contributed by atoms with Gasteiger partial charge in [-0.3, -0.25) is 0 Å². The summed E-state index contributed by atoms with van der Waals surface area (Å²) in [5.74, 6) is 0.886. The number of rotatable bonds is 4. The zero-order valence-electron chi connectivity index (χ0n) is 11.0. The molecule has 6 nitrogen and oxygen atoms in total. The summed E-state index contributed by atoms with van der Waals surface area (Å²) < 4.78 is 5.21. The van der Waals surface area contributed by atoms with Gasteiger partial charge >= 0.3 is 0 Å². The van der Waals surface area contributed by atoms with E-state index in [4.69, 9.17) is 21.9 Å². The first-order valence-electron chi connectivity index (χ1n) is 6.66. The number of likely N-dealkylation sites (tertiary alicyclic amines) is 1. The third-order valence-electron chi connectivity index (χ3n) is 3.37. The van der Waals surface area contributed by atoms with Crippen molar-refractivity contribution in [3.8, 4) is 11.6 Å². The van der Waals surface area contributed by atoms with Crippen LogP contribution in [0.1, 0.15) is 24.7 Å². The molecule has 3 heterocycles. The molecular weight excluding hydrogens is 278 g/mol. The fourth-order valence-electron chi connectivity index (χ4n) is 2.32. The summed E-state index contributed by atoms with van der Waals surface area (Å²) in [4.78, 5) is 10.8. The Kier molecular flexibility index (Phi) is 3.95. The van der Waals surface area contributed by atoms with Gasteiger partial charge in [-0.25, -0.2) is 4.98 Å². The number of nitrogens with two attached hydrogens (primary N) is 1. The van der Waals surface area contributed by atoms with Gasteiger partial charge in [-0.05, 0) is 38.1 Å². The van der Waals surface area contributed by atoms with Gasteiger partial charge in [0.15, 0.2) is 5.82 Å². The van der Waals surface area contributed by atoms with E-state index in [0.717, 1.165) is 19.6 Å². The molecule has 1 unspecified atom stereocenters. The molecule has 2 aromatic heterocycles. The summed E-state index contributed by atoms with van der Waals surface area (Å²) in [5.41, 5.74) is 6.72. The second kappa shape index (κ2) is 5.87. The summed E-state index contributed by atoms with van der Waals surface area (Å²) in [6, 6.07) is 3.24. The summed E-state index contributed by atoms with van der Waals surface area (Å²) >= 11 is 5.80. The zero-order valence-corrected chi connectivity index (χ0v) is 11.8. The molecule has 1 aliphatic heterocycles. The molecule has 1 fully saturated rings. The standard InChI is InChI=1S/C13H16ClN5O/c14-9-3-4-11(16-7-9)13-17-12(18-20-13)10(15)8-19-5-1-2-6-19/h3-4,7,10H,1-2,5-6,8,15H2. The second-order valence-corrected chi connectivity index (χ2v) is 5.37. The first-order chi connectivity index (χ1) is 9.72. The number of aromatic nitrogens is 3. The van der Waals surface area contributed by atoms with Crippen LogP contribution in [0.15, 0.2) is 22.9 Å². The highest BCUT2D eigenvalue weighted by Gasteiger charge is 2.20. The van der Waals surface area contributed by atoms with Gasteiger partial charge in [0.1, 0.15) is 5.69 Å². The van der Waals surface area contributed by atoms with E-state index in [0.29, 0.717) is 22.4 Å². The smallest absolute Gasteiger partial charge is 0.276 e. The van der Waals surface area contributed by atoms with Crippen LogP contribution in [0.25, 0.3) is 11.6 Å². The summed E-state index contributed by atoms with van der Waals surface area (Å²) in [5, 5.41) is 4.51. The van der Waals surface area contributed by atoms with Gasteiger partial charge in [-0.2, -0.15) is 4.98 Å². The summed E-state index contributed by atoms with van der Waals surface area (Å²) in [7, 11) is 0. The van der Waals surface area contributed by atoms with Gasteiger partial charge in [-0.15, -0.1) is 0 Å². The largest absolute Gasteiger partial charge is 0.332 e. The van der Waals surface area contributed by atoms with Crippen LogP contribution in [0, 0.1) is 0 Å². The molecule has 3 rings (SSSR count). The molecule has 1 saturated heterocycles. The van der Waals surface area contributed by atoms with E-state index >= 15 is 0 Å². The number of halogens is 1. The Hall–Kier alpha value is -1.50. The Bertz CT molecular complexity index is 564. The molecule has 0 spiro atoms. The number of hydrogen-bond acceptors (Lipinski definition) is 6. The number of nitrogens with zero attached hydrogens (tertiary/aromatic N) is 4. The Labute approximate surface area is 121 Å². The van der Waals surface area contributed by atoms with E-state index < -0.39 is 0 Å². The monoisotopic (exact) mass is 293 g/mol. The molecular formula is C13H16ClN5O. The average Bonchev–Trinajstić information content (AvgIpc) is 3.10. The summed E-state index contributed by atoms with van der Waals surface area (Å²) in [6.07, 6.45) is 4.02. The quantitative estimate of drug-likeness (QED) is 0.927. The molecule has 7 heteroatoms. The van der Waals surface area contributed by atoms with Crippen molar-refractivity contribution in [1.29, 1.82) is 0 Å². The van der Waals surface area contributed by atoms with Crippen molar-refractivity contribution in [2.24, 2.45) is 5.73 Å². The van der Waals surface area contributed by atoms with Crippen LogP contribution >= 0.6 is 11.6 Å². The normalized spacial score (nSPS) is 17.5. The molecule has 1 aliphatic rings. The molecule has 0 aromatic carbocycles. The Balaban J connectivity index is 1.70. The minimum atomic E-state index is -0.238. The van der Waals surface area contributed by atoms with E-state index in [1.807, 2.05) is 0 Å².